The molecule has 0 aliphatic rings. The number of aromatic nitrogens is 3. The van der Waals surface area contributed by atoms with Gasteiger partial charge in [0.05, 0.1) is 11.9 Å². The number of halogens is 3. The van der Waals surface area contributed by atoms with Crippen molar-refractivity contribution in [3.05, 3.63) is 47.5 Å². The maximum absolute atomic E-state index is 12.8. The zero-order valence-corrected chi connectivity index (χ0v) is 11.0. The molecule has 102 valence electrons. The van der Waals surface area contributed by atoms with Gasteiger partial charge in [-0.25, -0.2) is 0 Å². The van der Waals surface area contributed by atoms with E-state index < -0.39 is 11.9 Å². The summed E-state index contributed by atoms with van der Waals surface area (Å²) in [5.74, 6) is 0.840. The molecular weight excluding hydrogens is 275 g/mol. The predicted molar refractivity (Wildman–Crippen MR) is 67.4 cm³/mol. The monoisotopic (exact) mass is 287 g/mol. The molecule has 3 nitrogen and oxygen atoms in total. The van der Waals surface area contributed by atoms with Crippen LogP contribution >= 0.6 is 11.8 Å². The van der Waals surface area contributed by atoms with Gasteiger partial charge >= 0.3 is 6.18 Å². The van der Waals surface area contributed by atoms with Gasteiger partial charge in [-0.3, -0.25) is 9.67 Å². The summed E-state index contributed by atoms with van der Waals surface area (Å²) in [5, 5.41) is 3.68. The first-order valence-electron chi connectivity index (χ1n) is 5.54. The first kappa shape index (κ1) is 13.9. The van der Waals surface area contributed by atoms with E-state index in [9.17, 15) is 13.2 Å². The van der Waals surface area contributed by atoms with Crippen molar-refractivity contribution < 1.29 is 13.2 Å². The Morgan fingerprint density at radius 1 is 1.26 bits per heavy atom. The highest BCUT2D eigenvalue weighted by atomic mass is 32.2. The smallest absolute Gasteiger partial charge is 0.263 e. The summed E-state index contributed by atoms with van der Waals surface area (Å²) >= 11 is 1.39. The third-order valence-corrected chi connectivity index (χ3v) is 3.53. The predicted octanol–water partition coefficient (Wildman–Crippen LogP) is 3.27. The van der Waals surface area contributed by atoms with Crippen LogP contribution in [0.3, 0.4) is 0 Å². The Balaban J connectivity index is 2.01. The van der Waals surface area contributed by atoms with Crippen molar-refractivity contribution in [3.8, 4) is 0 Å². The Morgan fingerprint density at radius 3 is 2.68 bits per heavy atom. The number of hydrogen-bond acceptors (Lipinski definition) is 3. The molecule has 0 saturated carbocycles. The lowest BCUT2D eigenvalue weighted by Gasteiger charge is -2.09. The first-order valence-corrected chi connectivity index (χ1v) is 6.69. The van der Waals surface area contributed by atoms with Gasteiger partial charge in [0, 0.05) is 30.3 Å². The van der Waals surface area contributed by atoms with Crippen molar-refractivity contribution in [3.63, 3.8) is 0 Å². The fourth-order valence-corrected chi connectivity index (χ4v) is 2.62. The van der Waals surface area contributed by atoms with Crippen molar-refractivity contribution >= 4 is 11.8 Å². The van der Waals surface area contributed by atoms with Gasteiger partial charge < -0.3 is 0 Å². The highest BCUT2D eigenvalue weighted by Gasteiger charge is 2.37. The van der Waals surface area contributed by atoms with E-state index >= 15 is 0 Å². The van der Waals surface area contributed by atoms with Crippen LogP contribution in [-0.4, -0.2) is 14.8 Å². The van der Waals surface area contributed by atoms with E-state index in [4.69, 9.17) is 0 Å². The zero-order chi connectivity index (χ0) is 13.9. The van der Waals surface area contributed by atoms with Gasteiger partial charge in [0.1, 0.15) is 5.69 Å². The van der Waals surface area contributed by atoms with Crippen LogP contribution in [-0.2, 0) is 24.7 Å². The number of aryl methyl sites for hydroxylation is 1. The number of hydrogen-bond donors (Lipinski definition) is 0. The van der Waals surface area contributed by atoms with E-state index in [-0.39, 0.29) is 11.3 Å². The van der Waals surface area contributed by atoms with Crippen LogP contribution in [0.2, 0.25) is 0 Å². The molecule has 7 heteroatoms. The van der Waals surface area contributed by atoms with Gasteiger partial charge in [-0.15, -0.1) is 0 Å². The zero-order valence-electron chi connectivity index (χ0n) is 10.2. The molecule has 0 spiro atoms. The molecule has 2 rings (SSSR count). The molecule has 2 aromatic heterocycles. The van der Waals surface area contributed by atoms with Crippen LogP contribution in [0, 0.1) is 0 Å². The summed E-state index contributed by atoms with van der Waals surface area (Å²) in [4.78, 5) is 4.12. The molecule has 0 atom stereocenters. The average Bonchev–Trinajstić information content (AvgIpc) is 2.72. The molecule has 0 saturated heterocycles. The third kappa shape index (κ3) is 3.50. The van der Waals surface area contributed by atoms with E-state index in [0.29, 0.717) is 5.75 Å². The minimum atomic E-state index is -4.37. The normalized spacial score (nSPS) is 11.8. The fraction of sp³-hybridized carbons (Fsp3) is 0.333. The van der Waals surface area contributed by atoms with E-state index in [1.54, 1.807) is 12.3 Å². The standard InChI is InChI=1S/C12H12F3N3S/c1-18-11(12(13,14)15)9(6-17-18)7-19-8-10-4-2-3-5-16-10/h2-6H,7-8H2,1H3. The SMILES string of the molecule is Cn1ncc(CSCc2ccccn2)c1C(F)(F)F. The van der Waals surface area contributed by atoms with Crippen LogP contribution in [0.15, 0.2) is 30.6 Å². The molecular formula is C12H12F3N3S. The highest BCUT2D eigenvalue weighted by molar-refractivity contribution is 7.97. The van der Waals surface area contributed by atoms with Crippen molar-refractivity contribution in [1.82, 2.24) is 14.8 Å². The highest BCUT2D eigenvalue weighted by Crippen LogP contribution is 2.33. The molecule has 19 heavy (non-hydrogen) atoms. The second-order valence-corrected chi connectivity index (χ2v) is 4.94. The van der Waals surface area contributed by atoms with Crippen LogP contribution in [0.5, 0.6) is 0 Å². The Bertz CT molecular complexity index is 537. The molecule has 0 aliphatic heterocycles. The van der Waals surface area contributed by atoms with Crippen molar-refractivity contribution in [2.75, 3.05) is 0 Å². The largest absolute Gasteiger partial charge is 0.433 e. The average molecular weight is 287 g/mol. The molecule has 0 radical (unpaired) electrons. The Hall–Kier alpha value is -1.50. The van der Waals surface area contributed by atoms with E-state index in [2.05, 4.69) is 10.1 Å². The molecule has 0 aliphatic carbocycles. The fourth-order valence-electron chi connectivity index (χ4n) is 1.70. The summed E-state index contributed by atoms with van der Waals surface area (Å²) in [6, 6.07) is 5.51. The molecule has 0 N–H and O–H groups in total. The van der Waals surface area contributed by atoms with Gasteiger partial charge in [0.15, 0.2) is 0 Å². The van der Waals surface area contributed by atoms with Crippen molar-refractivity contribution in [1.29, 1.82) is 0 Å². The Labute approximate surface area is 112 Å². The number of nitrogens with zero attached hydrogens (tertiary/aromatic N) is 3. The number of alkyl halides is 3. The lowest BCUT2D eigenvalue weighted by atomic mass is 10.3. The molecule has 2 heterocycles. The van der Waals surface area contributed by atoms with Crippen LogP contribution in [0.25, 0.3) is 0 Å². The summed E-state index contributed by atoms with van der Waals surface area (Å²) in [5.41, 5.74) is 0.377. The first-order chi connectivity index (χ1) is 8.98. The topological polar surface area (TPSA) is 30.7 Å². The second-order valence-electron chi connectivity index (χ2n) is 3.95. The quantitative estimate of drug-likeness (QED) is 0.864. The molecule has 0 amide bonds. The van der Waals surface area contributed by atoms with Crippen molar-refractivity contribution in [2.24, 2.45) is 7.05 Å². The molecule has 2 aromatic rings. The molecule has 0 aromatic carbocycles. The maximum Gasteiger partial charge on any atom is 0.433 e. The van der Waals surface area contributed by atoms with E-state index in [1.165, 1.54) is 25.0 Å². The number of rotatable bonds is 4. The van der Waals surface area contributed by atoms with Crippen LogP contribution in [0.4, 0.5) is 13.2 Å². The van der Waals surface area contributed by atoms with Crippen LogP contribution in [0.1, 0.15) is 17.0 Å². The van der Waals surface area contributed by atoms with Crippen molar-refractivity contribution in [2.45, 2.75) is 17.7 Å². The summed E-state index contributed by atoms with van der Waals surface area (Å²) < 4.78 is 39.3. The maximum atomic E-state index is 12.8. The van der Waals surface area contributed by atoms with Gasteiger partial charge in [-0.05, 0) is 12.1 Å². The van der Waals surface area contributed by atoms with Gasteiger partial charge in [-0.2, -0.15) is 30.0 Å². The van der Waals surface area contributed by atoms with Gasteiger partial charge in [0.25, 0.3) is 0 Å². The summed E-state index contributed by atoms with van der Waals surface area (Å²) in [6.07, 6.45) is -1.43. The minimum Gasteiger partial charge on any atom is -0.263 e. The van der Waals surface area contributed by atoms with Gasteiger partial charge in [0.2, 0.25) is 0 Å². The lowest BCUT2D eigenvalue weighted by molar-refractivity contribution is -0.144. The van der Waals surface area contributed by atoms with E-state index in [1.807, 2.05) is 12.1 Å². The summed E-state index contributed by atoms with van der Waals surface area (Å²) in [6.45, 7) is 0. The minimum absolute atomic E-state index is 0.205. The number of thioether (sulfide) groups is 1. The Kier molecular flexibility index (Phi) is 4.14. The number of pyridine rings is 1. The van der Waals surface area contributed by atoms with Gasteiger partial charge in [-0.1, -0.05) is 6.07 Å². The molecule has 0 unspecified atom stereocenters. The molecule has 0 fully saturated rings. The summed E-state index contributed by atoms with van der Waals surface area (Å²) in [7, 11) is 1.30. The van der Waals surface area contributed by atoms with E-state index in [0.717, 1.165) is 10.4 Å². The molecule has 0 bridgehead atoms. The van der Waals surface area contributed by atoms with Crippen LogP contribution < -0.4 is 0 Å². The Morgan fingerprint density at radius 2 is 2.05 bits per heavy atom. The lowest BCUT2D eigenvalue weighted by Crippen LogP contribution is -2.13. The second kappa shape index (κ2) is 5.64. The third-order valence-electron chi connectivity index (χ3n) is 2.52.